The van der Waals surface area contributed by atoms with E-state index in [9.17, 15) is 4.79 Å². The number of carboxylic acids is 1. The van der Waals surface area contributed by atoms with Gasteiger partial charge in [0.2, 0.25) is 5.89 Å². The summed E-state index contributed by atoms with van der Waals surface area (Å²) in [6, 6.07) is 0. The van der Waals surface area contributed by atoms with Crippen LogP contribution in [0.3, 0.4) is 0 Å². The van der Waals surface area contributed by atoms with E-state index >= 15 is 0 Å². The summed E-state index contributed by atoms with van der Waals surface area (Å²) in [7, 11) is 3.63. The molecule has 0 fully saturated rings. The number of carboxylic acid groups (broad SMARTS) is 1. The minimum absolute atomic E-state index is 0.0761. The third-order valence-electron chi connectivity index (χ3n) is 2.12. The van der Waals surface area contributed by atoms with Gasteiger partial charge in [-0.05, 0) is 10.6 Å². The van der Waals surface area contributed by atoms with Gasteiger partial charge in [0.1, 0.15) is 0 Å². The van der Waals surface area contributed by atoms with Crippen LogP contribution in [-0.4, -0.2) is 35.3 Å². The van der Waals surface area contributed by atoms with E-state index < -0.39 is 5.97 Å². The number of anilines is 1. The summed E-state index contributed by atoms with van der Waals surface area (Å²) in [5.74, 6) is 0.147. The molecule has 0 aliphatic carbocycles. The van der Waals surface area contributed by atoms with E-state index in [1.165, 1.54) is 0 Å². The average Bonchev–Trinajstić information content (AvgIpc) is 2.48. The van der Waals surface area contributed by atoms with Gasteiger partial charge in [0, 0.05) is 20.5 Å². The van der Waals surface area contributed by atoms with Crippen LogP contribution in [0.5, 0.6) is 0 Å². The molecule has 0 saturated heterocycles. The summed E-state index contributed by atoms with van der Waals surface area (Å²) >= 11 is 0. The van der Waals surface area contributed by atoms with Crippen molar-refractivity contribution in [3.63, 3.8) is 0 Å². The molecule has 90 valence electrons. The second kappa shape index (κ2) is 4.51. The Hall–Kier alpha value is -1.59. The molecule has 0 saturated carbocycles. The lowest BCUT2D eigenvalue weighted by molar-refractivity contribution is -0.139. The van der Waals surface area contributed by atoms with Gasteiger partial charge in [0.15, 0.2) is 0 Å². The first-order valence-corrected chi connectivity index (χ1v) is 5.02. The Morgan fingerprint density at radius 1 is 1.50 bits per heavy atom. The van der Waals surface area contributed by atoms with E-state index in [-0.39, 0.29) is 11.8 Å². The van der Waals surface area contributed by atoms with E-state index in [0.29, 0.717) is 18.3 Å². The largest absolute Gasteiger partial charge is 0.481 e. The zero-order valence-electron chi connectivity index (χ0n) is 10.0. The summed E-state index contributed by atoms with van der Waals surface area (Å²) < 4.78 is 5.05. The van der Waals surface area contributed by atoms with Gasteiger partial charge < -0.3 is 14.5 Å². The van der Waals surface area contributed by atoms with Gasteiger partial charge in [0.05, 0.1) is 6.42 Å². The molecular formula is C10H17N3O3. The molecule has 1 N–H and O–H groups in total. The van der Waals surface area contributed by atoms with Gasteiger partial charge in [-0.15, -0.1) is 0 Å². The molecule has 6 heteroatoms. The zero-order valence-corrected chi connectivity index (χ0v) is 10.0. The molecule has 0 aliphatic rings. The SMILES string of the molecule is CN(C)c1noc(CC(C)(C)CC(=O)O)n1. The lowest BCUT2D eigenvalue weighted by Crippen LogP contribution is -2.20. The summed E-state index contributed by atoms with van der Waals surface area (Å²) in [6.45, 7) is 3.72. The first kappa shape index (κ1) is 12.5. The molecule has 1 aromatic rings. The quantitative estimate of drug-likeness (QED) is 0.813. The van der Waals surface area contributed by atoms with Gasteiger partial charge in [-0.2, -0.15) is 4.98 Å². The normalized spacial score (nSPS) is 11.5. The molecule has 0 spiro atoms. The van der Waals surface area contributed by atoms with Crippen LogP contribution in [0.4, 0.5) is 5.95 Å². The number of hydrogen-bond donors (Lipinski definition) is 1. The van der Waals surface area contributed by atoms with Crippen LogP contribution >= 0.6 is 0 Å². The maximum absolute atomic E-state index is 10.6. The Balaban J connectivity index is 2.68. The minimum Gasteiger partial charge on any atom is -0.481 e. The van der Waals surface area contributed by atoms with Crippen molar-refractivity contribution >= 4 is 11.9 Å². The number of nitrogens with zero attached hydrogens (tertiary/aromatic N) is 3. The molecule has 0 atom stereocenters. The highest BCUT2D eigenvalue weighted by Crippen LogP contribution is 2.25. The lowest BCUT2D eigenvalue weighted by Gasteiger charge is -2.19. The van der Waals surface area contributed by atoms with Crippen LogP contribution in [0.1, 0.15) is 26.2 Å². The topological polar surface area (TPSA) is 79.5 Å². The van der Waals surface area contributed by atoms with Crippen molar-refractivity contribution in [3.05, 3.63) is 5.89 Å². The molecule has 0 unspecified atom stereocenters. The van der Waals surface area contributed by atoms with Crippen LogP contribution < -0.4 is 4.90 Å². The van der Waals surface area contributed by atoms with E-state index in [2.05, 4.69) is 10.1 Å². The molecule has 0 aliphatic heterocycles. The molecule has 1 heterocycles. The number of carbonyl (C=O) groups is 1. The standard InChI is InChI=1S/C10H17N3O3/c1-10(2,6-8(14)15)5-7-11-9(12-16-7)13(3)4/h5-6H2,1-4H3,(H,14,15). The molecule has 0 aromatic carbocycles. The van der Waals surface area contributed by atoms with E-state index in [4.69, 9.17) is 9.63 Å². The number of hydrogen-bond acceptors (Lipinski definition) is 5. The Morgan fingerprint density at radius 2 is 2.12 bits per heavy atom. The van der Waals surface area contributed by atoms with Crippen molar-refractivity contribution in [2.45, 2.75) is 26.7 Å². The van der Waals surface area contributed by atoms with Crippen molar-refractivity contribution in [2.24, 2.45) is 5.41 Å². The van der Waals surface area contributed by atoms with Crippen LogP contribution in [0.25, 0.3) is 0 Å². The minimum atomic E-state index is -0.822. The predicted octanol–water partition coefficient (Wildman–Crippen LogP) is 1.18. The number of rotatable bonds is 5. The van der Waals surface area contributed by atoms with Gasteiger partial charge >= 0.3 is 5.97 Å². The molecular weight excluding hydrogens is 210 g/mol. The summed E-state index contributed by atoms with van der Waals surface area (Å²) in [6.07, 6.45) is 0.535. The van der Waals surface area contributed by atoms with Gasteiger partial charge in [0.25, 0.3) is 5.95 Å². The van der Waals surface area contributed by atoms with Gasteiger partial charge in [-0.1, -0.05) is 13.8 Å². The van der Waals surface area contributed by atoms with Crippen molar-refractivity contribution in [1.29, 1.82) is 0 Å². The van der Waals surface area contributed by atoms with Crippen LogP contribution in [0, 0.1) is 5.41 Å². The second-order valence-electron chi connectivity index (χ2n) is 4.79. The van der Waals surface area contributed by atoms with Crippen LogP contribution in [0.15, 0.2) is 4.52 Å². The lowest BCUT2D eigenvalue weighted by atomic mass is 9.86. The Bertz CT molecular complexity index is 371. The van der Waals surface area contributed by atoms with E-state index in [1.807, 2.05) is 27.9 Å². The molecule has 6 nitrogen and oxygen atoms in total. The molecule has 1 rings (SSSR count). The third-order valence-corrected chi connectivity index (χ3v) is 2.12. The highest BCUT2D eigenvalue weighted by molar-refractivity contribution is 5.67. The smallest absolute Gasteiger partial charge is 0.303 e. The third kappa shape index (κ3) is 3.52. The van der Waals surface area contributed by atoms with Gasteiger partial charge in [-0.25, -0.2) is 0 Å². The molecule has 1 aromatic heterocycles. The Kier molecular flexibility index (Phi) is 3.51. The number of aromatic nitrogens is 2. The first-order chi connectivity index (χ1) is 7.30. The van der Waals surface area contributed by atoms with Crippen molar-refractivity contribution in [3.8, 4) is 0 Å². The Morgan fingerprint density at radius 3 is 2.56 bits per heavy atom. The molecule has 0 bridgehead atoms. The summed E-state index contributed by atoms with van der Waals surface area (Å²) in [5, 5.41) is 12.5. The number of aliphatic carboxylic acids is 1. The maximum atomic E-state index is 10.6. The summed E-state index contributed by atoms with van der Waals surface area (Å²) in [5.41, 5.74) is -0.387. The maximum Gasteiger partial charge on any atom is 0.303 e. The van der Waals surface area contributed by atoms with Crippen molar-refractivity contribution in [2.75, 3.05) is 19.0 Å². The van der Waals surface area contributed by atoms with Gasteiger partial charge in [-0.3, -0.25) is 4.79 Å². The van der Waals surface area contributed by atoms with Crippen LogP contribution in [-0.2, 0) is 11.2 Å². The van der Waals surface area contributed by atoms with Crippen LogP contribution in [0.2, 0.25) is 0 Å². The predicted molar refractivity (Wildman–Crippen MR) is 58.4 cm³/mol. The average molecular weight is 227 g/mol. The van der Waals surface area contributed by atoms with Crippen molar-refractivity contribution < 1.29 is 14.4 Å². The fourth-order valence-electron chi connectivity index (χ4n) is 1.38. The fraction of sp³-hybridized carbons (Fsp3) is 0.700. The monoisotopic (exact) mass is 227 g/mol. The molecule has 16 heavy (non-hydrogen) atoms. The summed E-state index contributed by atoms with van der Waals surface area (Å²) in [4.78, 5) is 16.5. The van der Waals surface area contributed by atoms with E-state index in [1.54, 1.807) is 4.90 Å². The molecule has 0 radical (unpaired) electrons. The second-order valence-corrected chi connectivity index (χ2v) is 4.79. The van der Waals surface area contributed by atoms with Crippen molar-refractivity contribution in [1.82, 2.24) is 10.1 Å². The van der Waals surface area contributed by atoms with E-state index in [0.717, 1.165) is 0 Å². The Labute approximate surface area is 94.3 Å². The first-order valence-electron chi connectivity index (χ1n) is 5.02. The fourth-order valence-corrected chi connectivity index (χ4v) is 1.38. The molecule has 0 amide bonds. The zero-order chi connectivity index (χ0) is 12.3. The highest BCUT2D eigenvalue weighted by atomic mass is 16.5. The highest BCUT2D eigenvalue weighted by Gasteiger charge is 2.25.